The van der Waals surface area contributed by atoms with Crippen molar-refractivity contribution in [3.8, 4) is 0 Å². The summed E-state index contributed by atoms with van der Waals surface area (Å²) in [6.07, 6.45) is -0.463. The third kappa shape index (κ3) is 8.20. The second-order valence-electron chi connectivity index (χ2n) is 13.1. The summed E-state index contributed by atoms with van der Waals surface area (Å²) in [6.45, 7) is 7.32. The molecule has 4 amide bonds. The molecule has 11 heteroatoms. The molecule has 0 spiro atoms. The number of nitrogens with zero attached hydrogens (tertiary/aromatic N) is 3. The fraction of sp³-hybridized carbons (Fsp3) is 0.378. The van der Waals surface area contributed by atoms with Crippen molar-refractivity contribution < 1.29 is 33.4 Å². The number of para-hydroxylation sites is 2. The number of carbonyl (C=O) groups excluding carboxylic acids is 5. The van der Waals surface area contributed by atoms with Crippen molar-refractivity contribution in [2.45, 2.75) is 58.8 Å². The average Bonchev–Trinajstić information content (AvgIpc) is 3.17. The number of anilines is 2. The van der Waals surface area contributed by atoms with Crippen LogP contribution in [-0.2, 0) is 25.7 Å². The lowest BCUT2D eigenvalue weighted by Gasteiger charge is -2.34. The Hall–Kier alpha value is -5.19. The number of carbonyl (C=O) groups is 5. The predicted molar refractivity (Wildman–Crippen MR) is 181 cm³/mol. The number of rotatable bonds is 7. The molecule has 0 aliphatic carbocycles. The van der Waals surface area contributed by atoms with E-state index in [1.807, 2.05) is 49.4 Å². The molecule has 5 rings (SSSR count). The Kier molecular flexibility index (Phi) is 10.5. The summed E-state index contributed by atoms with van der Waals surface area (Å²) in [5, 5.41) is 2.66. The molecule has 48 heavy (non-hydrogen) atoms. The SMILES string of the molecule is Cc1ccccc1C(=O)CN1C(=O)C(NC(=O)OC(C)(C)C)CN(C(=O)C2CCN(C(=O)OCc3ccccc3)CC2)c2ccccc21. The first-order valence-electron chi connectivity index (χ1n) is 16.2. The zero-order valence-corrected chi connectivity index (χ0v) is 27.8. The Labute approximate surface area is 280 Å². The Morgan fingerprint density at radius 2 is 1.48 bits per heavy atom. The van der Waals surface area contributed by atoms with Crippen LogP contribution in [0, 0.1) is 12.8 Å². The molecule has 0 radical (unpaired) electrons. The Balaban J connectivity index is 1.37. The van der Waals surface area contributed by atoms with E-state index < -0.39 is 35.7 Å². The van der Waals surface area contributed by atoms with E-state index >= 15 is 0 Å². The van der Waals surface area contributed by atoms with Crippen LogP contribution in [-0.4, -0.2) is 72.5 Å². The Morgan fingerprint density at radius 1 is 0.854 bits per heavy atom. The molecule has 1 fully saturated rings. The highest BCUT2D eigenvalue weighted by Crippen LogP contribution is 2.35. The molecular formula is C37H42N4O7. The molecule has 0 aromatic heterocycles. The molecule has 1 N–H and O–H groups in total. The maximum atomic E-state index is 14.3. The Bertz CT molecular complexity index is 1660. The maximum absolute atomic E-state index is 14.3. The van der Waals surface area contributed by atoms with Crippen LogP contribution in [0.15, 0.2) is 78.9 Å². The molecule has 2 aliphatic rings. The summed E-state index contributed by atoms with van der Waals surface area (Å²) < 4.78 is 11.0. The van der Waals surface area contributed by atoms with Crippen LogP contribution in [0.25, 0.3) is 0 Å². The number of nitrogens with one attached hydrogen (secondary N) is 1. The van der Waals surface area contributed by atoms with E-state index in [0.29, 0.717) is 42.9 Å². The summed E-state index contributed by atoms with van der Waals surface area (Å²) in [7, 11) is 0. The highest BCUT2D eigenvalue weighted by molar-refractivity contribution is 6.12. The zero-order valence-electron chi connectivity index (χ0n) is 27.8. The lowest BCUT2D eigenvalue weighted by Crippen LogP contribution is -2.55. The van der Waals surface area contributed by atoms with Crippen molar-refractivity contribution in [3.63, 3.8) is 0 Å². The lowest BCUT2D eigenvalue weighted by atomic mass is 9.95. The first-order chi connectivity index (χ1) is 22.9. The zero-order chi connectivity index (χ0) is 34.4. The van der Waals surface area contributed by atoms with E-state index in [0.717, 1.165) is 11.1 Å². The third-order valence-corrected chi connectivity index (χ3v) is 8.40. The molecule has 1 unspecified atom stereocenters. The van der Waals surface area contributed by atoms with Crippen LogP contribution in [0.1, 0.15) is 55.1 Å². The number of hydrogen-bond acceptors (Lipinski definition) is 7. The third-order valence-electron chi connectivity index (χ3n) is 8.40. The van der Waals surface area contributed by atoms with E-state index in [9.17, 15) is 24.0 Å². The first-order valence-corrected chi connectivity index (χ1v) is 16.2. The quantitative estimate of drug-likeness (QED) is 0.334. The monoisotopic (exact) mass is 654 g/mol. The molecule has 252 valence electrons. The van der Waals surface area contributed by atoms with Gasteiger partial charge in [0.25, 0.3) is 5.91 Å². The molecule has 2 aliphatic heterocycles. The predicted octanol–water partition coefficient (Wildman–Crippen LogP) is 5.50. The van der Waals surface area contributed by atoms with Crippen molar-refractivity contribution in [2.24, 2.45) is 5.92 Å². The molecule has 1 atom stereocenters. The number of benzene rings is 3. The number of hydrogen-bond donors (Lipinski definition) is 1. The number of piperidine rings is 1. The molecule has 0 bridgehead atoms. The Morgan fingerprint density at radius 3 is 2.15 bits per heavy atom. The largest absolute Gasteiger partial charge is 0.445 e. The molecule has 11 nitrogen and oxygen atoms in total. The van der Waals surface area contributed by atoms with Gasteiger partial charge in [-0.05, 0) is 63.8 Å². The van der Waals surface area contributed by atoms with E-state index in [-0.39, 0.29) is 31.4 Å². The second kappa shape index (κ2) is 14.7. The molecule has 3 aromatic carbocycles. The molecule has 1 saturated heterocycles. The van der Waals surface area contributed by atoms with Gasteiger partial charge < -0.3 is 29.5 Å². The summed E-state index contributed by atoms with van der Waals surface area (Å²) in [6, 6.07) is 22.3. The van der Waals surface area contributed by atoms with Crippen molar-refractivity contribution in [1.82, 2.24) is 10.2 Å². The number of Topliss-reactive ketones (excluding diaryl/α,β-unsaturated/α-hetero) is 1. The minimum absolute atomic E-state index is 0.159. The van der Waals surface area contributed by atoms with Crippen LogP contribution in [0.5, 0.6) is 0 Å². The standard InChI is InChI=1S/C37H42N4O7/c1-25-12-8-9-15-28(25)32(42)23-41-31-17-11-10-16-30(31)40(22-29(34(41)44)38-35(45)48-37(2,3)4)33(43)27-18-20-39(21-19-27)36(46)47-24-26-13-6-5-7-14-26/h5-17,27,29H,18-24H2,1-4H3,(H,38,45). The van der Waals surface area contributed by atoms with Gasteiger partial charge in [0.1, 0.15) is 18.2 Å². The van der Waals surface area contributed by atoms with E-state index in [1.54, 1.807) is 62.1 Å². The highest BCUT2D eigenvalue weighted by Gasteiger charge is 2.41. The van der Waals surface area contributed by atoms with Crippen LogP contribution in [0.2, 0.25) is 0 Å². The van der Waals surface area contributed by atoms with Crippen LogP contribution < -0.4 is 15.1 Å². The van der Waals surface area contributed by atoms with Gasteiger partial charge in [0.05, 0.1) is 24.5 Å². The summed E-state index contributed by atoms with van der Waals surface area (Å²) >= 11 is 0. The number of ether oxygens (including phenoxy) is 2. The molecule has 3 aromatic rings. The van der Waals surface area contributed by atoms with Gasteiger partial charge in [-0.2, -0.15) is 0 Å². The molecule has 2 heterocycles. The summed E-state index contributed by atoms with van der Waals surface area (Å²) in [5.41, 5.74) is 2.14. The fourth-order valence-corrected chi connectivity index (χ4v) is 5.97. The minimum atomic E-state index is -1.20. The van der Waals surface area contributed by atoms with Gasteiger partial charge in [0, 0.05) is 24.6 Å². The van der Waals surface area contributed by atoms with Crippen molar-refractivity contribution in [3.05, 3.63) is 95.6 Å². The van der Waals surface area contributed by atoms with E-state index in [1.165, 1.54) is 9.80 Å². The maximum Gasteiger partial charge on any atom is 0.410 e. The average molecular weight is 655 g/mol. The van der Waals surface area contributed by atoms with Crippen LogP contribution in [0.4, 0.5) is 21.0 Å². The number of amides is 4. The number of alkyl carbamates (subject to hydrolysis) is 1. The van der Waals surface area contributed by atoms with Gasteiger partial charge in [-0.3, -0.25) is 14.4 Å². The second-order valence-corrected chi connectivity index (χ2v) is 13.1. The molecule has 0 saturated carbocycles. The van der Waals surface area contributed by atoms with E-state index in [4.69, 9.17) is 9.47 Å². The van der Waals surface area contributed by atoms with Gasteiger partial charge in [0.2, 0.25) is 5.91 Å². The molecular weight excluding hydrogens is 612 g/mol. The lowest BCUT2D eigenvalue weighted by molar-refractivity contribution is -0.124. The normalized spacial score (nSPS) is 16.9. The highest BCUT2D eigenvalue weighted by atomic mass is 16.6. The van der Waals surface area contributed by atoms with Crippen molar-refractivity contribution in [2.75, 3.05) is 36.0 Å². The smallest absolute Gasteiger partial charge is 0.410 e. The number of fused-ring (bicyclic) bond motifs is 1. The van der Waals surface area contributed by atoms with E-state index in [2.05, 4.69) is 5.32 Å². The number of ketones is 1. The number of likely N-dealkylation sites (tertiary alicyclic amines) is 1. The minimum Gasteiger partial charge on any atom is -0.445 e. The topological polar surface area (TPSA) is 126 Å². The van der Waals surface area contributed by atoms with Crippen LogP contribution in [0.3, 0.4) is 0 Å². The summed E-state index contributed by atoms with van der Waals surface area (Å²) in [4.78, 5) is 72.2. The summed E-state index contributed by atoms with van der Waals surface area (Å²) in [5.74, 6) is -1.51. The fourth-order valence-electron chi connectivity index (χ4n) is 5.97. The van der Waals surface area contributed by atoms with Crippen LogP contribution >= 0.6 is 0 Å². The van der Waals surface area contributed by atoms with Crippen molar-refractivity contribution in [1.29, 1.82) is 0 Å². The number of aryl methyl sites for hydroxylation is 1. The van der Waals surface area contributed by atoms with Gasteiger partial charge in [0.15, 0.2) is 5.78 Å². The van der Waals surface area contributed by atoms with Crippen molar-refractivity contribution >= 4 is 41.2 Å². The van der Waals surface area contributed by atoms with Gasteiger partial charge in [-0.1, -0.05) is 66.7 Å². The first kappa shape index (κ1) is 34.2. The van der Waals surface area contributed by atoms with Gasteiger partial charge >= 0.3 is 12.2 Å². The van der Waals surface area contributed by atoms with Gasteiger partial charge in [-0.15, -0.1) is 0 Å². The van der Waals surface area contributed by atoms with Gasteiger partial charge in [-0.25, -0.2) is 9.59 Å².